The van der Waals surface area contributed by atoms with E-state index in [-0.39, 0.29) is 0 Å². The summed E-state index contributed by atoms with van der Waals surface area (Å²) in [5.74, 6) is 0. The lowest BCUT2D eigenvalue weighted by Crippen LogP contribution is -1.93. The summed E-state index contributed by atoms with van der Waals surface area (Å²) in [4.78, 5) is 4.11. The molecule has 84 valence electrons. The van der Waals surface area contributed by atoms with Gasteiger partial charge in [0.25, 0.3) is 0 Å². The number of fused-ring (bicyclic) bond motifs is 1. The van der Waals surface area contributed by atoms with E-state index in [0.717, 1.165) is 22.2 Å². The second-order valence-electron chi connectivity index (χ2n) is 3.95. The number of aryl methyl sites for hydroxylation is 1. The van der Waals surface area contributed by atoms with E-state index in [9.17, 15) is 0 Å². The molecule has 0 fully saturated rings. The molecule has 1 aromatic carbocycles. The normalized spacial score (nSPS) is 10.9. The van der Waals surface area contributed by atoms with Gasteiger partial charge in [0, 0.05) is 36.1 Å². The third kappa shape index (κ3) is 1.45. The van der Waals surface area contributed by atoms with Crippen LogP contribution in [0.2, 0.25) is 0 Å². The Hall–Kier alpha value is -2.36. The zero-order valence-electron chi connectivity index (χ0n) is 9.46. The highest BCUT2D eigenvalue weighted by atomic mass is 15.3. The molecule has 0 atom stereocenters. The maximum absolute atomic E-state index is 5.96. The molecular formula is C13H12N4. The summed E-state index contributed by atoms with van der Waals surface area (Å²) in [6.45, 7) is 0. The van der Waals surface area contributed by atoms with Gasteiger partial charge < -0.3 is 5.73 Å². The fourth-order valence-corrected chi connectivity index (χ4v) is 2.02. The molecule has 0 saturated heterocycles. The van der Waals surface area contributed by atoms with Crippen LogP contribution in [0.5, 0.6) is 0 Å². The van der Waals surface area contributed by atoms with Crippen molar-refractivity contribution in [2.24, 2.45) is 7.05 Å². The molecule has 0 spiro atoms. The van der Waals surface area contributed by atoms with Crippen LogP contribution in [0.1, 0.15) is 0 Å². The number of para-hydroxylation sites is 1. The minimum atomic E-state index is 0.698. The zero-order valence-corrected chi connectivity index (χ0v) is 9.46. The van der Waals surface area contributed by atoms with Crippen molar-refractivity contribution in [2.75, 3.05) is 5.73 Å². The molecule has 0 amide bonds. The Balaban J connectivity index is 2.35. The lowest BCUT2D eigenvalue weighted by Gasteiger charge is -2.00. The van der Waals surface area contributed by atoms with Crippen LogP contribution < -0.4 is 5.73 Å². The lowest BCUT2D eigenvalue weighted by atomic mass is 10.1. The van der Waals surface area contributed by atoms with E-state index in [2.05, 4.69) is 10.1 Å². The molecule has 4 heteroatoms. The minimum absolute atomic E-state index is 0.698. The highest BCUT2D eigenvalue weighted by Gasteiger charge is 2.12. The number of benzene rings is 1. The molecule has 0 aliphatic rings. The molecular weight excluding hydrogens is 212 g/mol. The highest BCUT2D eigenvalue weighted by Crippen LogP contribution is 2.30. The third-order valence-corrected chi connectivity index (χ3v) is 2.87. The topological polar surface area (TPSA) is 56.7 Å². The number of nitrogens with zero attached hydrogens (tertiary/aromatic N) is 3. The fourth-order valence-electron chi connectivity index (χ4n) is 2.02. The third-order valence-electron chi connectivity index (χ3n) is 2.87. The quantitative estimate of drug-likeness (QED) is 0.689. The van der Waals surface area contributed by atoms with Crippen molar-refractivity contribution in [3.63, 3.8) is 0 Å². The van der Waals surface area contributed by atoms with Gasteiger partial charge in [-0.2, -0.15) is 5.10 Å². The largest absolute Gasteiger partial charge is 0.398 e. The van der Waals surface area contributed by atoms with Gasteiger partial charge in [0.1, 0.15) is 5.69 Å². The number of nitrogen functional groups attached to an aromatic ring is 1. The van der Waals surface area contributed by atoms with E-state index >= 15 is 0 Å². The van der Waals surface area contributed by atoms with Crippen LogP contribution in [0, 0.1) is 0 Å². The predicted octanol–water partition coefficient (Wildman–Crippen LogP) is 2.22. The van der Waals surface area contributed by atoms with E-state index in [0.29, 0.717) is 5.69 Å². The summed E-state index contributed by atoms with van der Waals surface area (Å²) >= 11 is 0. The van der Waals surface area contributed by atoms with Gasteiger partial charge in [0.05, 0.1) is 5.52 Å². The van der Waals surface area contributed by atoms with Crippen molar-refractivity contribution in [1.82, 2.24) is 14.8 Å². The van der Waals surface area contributed by atoms with Crippen molar-refractivity contribution in [3.8, 4) is 11.3 Å². The highest BCUT2D eigenvalue weighted by molar-refractivity contribution is 5.95. The monoisotopic (exact) mass is 224 g/mol. The van der Waals surface area contributed by atoms with Gasteiger partial charge in [-0.3, -0.25) is 9.67 Å². The summed E-state index contributed by atoms with van der Waals surface area (Å²) in [6, 6.07) is 9.88. The number of hydrogen-bond donors (Lipinski definition) is 1. The summed E-state index contributed by atoms with van der Waals surface area (Å²) in [5, 5.41) is 5.61. The molecule has 0 bridgehead atoms. The van der Waals surface area contributed by atoms with Crippen LogP contribution in [0.15, 0.2) is 42.7 Å². The standard InChI is InChI=1S/C13H12N4/c1-17-12-5-3-2-4-9(12)13(16-17)10-8-15-7-6-11(10)14/h2-8H,1H3,(H2,14,15). The van der Waals surface area contributed by atoms with Crippen molar-refractivity contribution < 1.29 is 0 Å². The van der Waals surface area contributed by atoms with Crippen LogP contribution in [-0.4, -0.2) is 14.8 Å². The Bertz CT molecular complexity index is 685. The van der Waals surface area contributed by atoms with E-state index < -0.39 is 0 Å². The van der Waals surface area contributed by atoms with E-state index in [4.69, 9.17) is 5.73 Å². The number of anilines is 1. The Morgan fingerprint density at radius 2 is 2.00 bits per heavy atom. The second kappa shape index (κ2) is 3.59. The smallest absolute Gasteiger partial charge is 0.104 e. The Morgan fingerprint density at radius 1 is 1.18 bits per heavy atom. The molecule has 2 heterocycles. The van der Waals surface area contributed by atoms with Crippen molar-refractivity contribution in [2.45, 2.75) is 0 Å². The molecule has 4 nitrogen and oxygen atoms in total. The Kier molecular flexibility index (Phi) is 2.08. The first-order valence-corrected chi connectivity index (χ1v) is 5.39. The second-order valence-corrected chi connectivity index (χ2v) is 3.95. The summed E-state index contributed by atoms with van der Waals surface area (Å²) in [5.41, 5.74) is 9.51. The first kappa shape index (κ1) is 9.84. The van der Waals surface area contributed by atoms with Crippen LogP contribution in [0.25, 0.3) is 22.2 Å². The predicted molar refractivity (Wildman–Crippen MR) is 68.4 cm³/mol. The summed E-state index contributed by atoms with van der Waals surface area (Å²) in [7, 11) is 1.93. The molecule has 2 aromatic heterocycles. The molecule has 3 rings (SSSR count). The summed E-state index contributed by atoms with van der Waals surface area (Å²) < 4.78 is 1.86. The molecule has 0 unspecified atom stereocenters. The number of pyridine rings is 1. The van der Waals surface area contributed by atoms with E-state index in [1.54, 1.807) is 18.5 Å². The van der Waals surface area contributed by atoms with Crippen LogP contribution in [0.4, 0.5) is 5.69 Å². The fraction of sp³-hybridized carbons (Fsp3) is 0.0769. The zero-order chi connectivity index (χ0) is 11.8. The molecule has 0 saturated carbocycles. The SMILES string of the molecule is Cn1nc(-c2cnccc2N)c2ccccc21. The molecule has 0 aliphatic heterocycles. The maximum atomic E-state index is 5.96. The van der Waals surface area contributed by atoms with Gasteiger partial charge in [-0.15, -0.1) is 0 Å². The number of rotatable bonds is 1. The van der Waals surface area contributed by atoms with Crippen LogP contribution in [-0.2, 0) is 7.05 Å². The van der Waals surface area contributed by atoms with Crippen LogP contribution in [0.3, 0.4) is 0 Å². The van der Waals surface area contributed by atoms with E-state index in [1.807, 2.05) is 36.0 Å². The first-order valence-electron chi connectivity index (χ1n) is 5.39. The first-order chi connectivity index (χ1) is 8.27. The average molecular weight is 224 g/mol. The number of nitrogens with two attached hydrogens (primary N) is 1. The maximum Gasteiger partial charge on any atom is 0.104 e. The molecule has 0 aliphatic carbocycles. The van der Waals surface area contributed by atoms with Crippen molar-refractivity contribution >= 4 is 16.6 Å². The summed E-state index contributed by atoms with van der Waals surface area (Å²) in [6.07, 6.45) is 3.44. The molecule has 2 N–H and O–H groups in total. The molecule has 0 radical (unpaired) electrons. The van der Waals surface area contributed by atoms with Crippen molar-refractivity contribution in [1.29, 1.82) is 0 Å². The Labute approximate surface area is 98.7 Å². The van der Waals surface area contributed by atoms with Crippen molar-refractivity contribution in [3.05, 3.63) is 42.7 Å². The molecule has 17 heavy (non-hydrogen) atoms. The van der Waals surface area contributed by atoms with Gasteiger partial charge in [-0.1, -0.05) is 18.2 Å². The number of hydrogen-bond acceptors (Lipinski definition) is 3. The Morgan fingerprint density at radius 3 is 2.82 bits per heavy atom. The van der Waals surface area contributed by atoms with Gasteiger partial charge in [0.2, 0.25) is 0 Å². The van der Waals surface area contributed by atoms with Crippen LogP contribution >= 0.6 is 0 Å². The lowest BCUT2D eigenvalue weighted by molar-refractivity contribution is 0.800. The average Bonchev–Trinajstić information content (AvgIpc) is 2.68. The minimum Gasteiger partial charge on any atom is -0.398 e. The molecule has 3 aromatic rings. The van der Waals surface area contributed by atoms with Gasteiger partial charge in [-0.25, -0.2) is 0 Å². The number of aromatic nitrogens is 3. The van der Waals surface area contributed by atoms with Gasteiger partial charge in [-0.05, 0) is 12.1 Å². The van der Waals surface area contributed by atoms with E-state index in [1.165, 1.54) is 0 Å². The van der Waals surface area contributed by atoms with Gasteiger partial charge >= 0.3 is 0 Å². The van der Waals surface area contributed by atoms with Gasteiger partial charge in [0.15, 0.2) is 0 Å².